The van der Waals surface area contributed by atoms with E-state index in [4.69, 9.17) is 9.47 Å². The average molecular weight is 295 g/mol. The van der Waals surface area contributed by atoms with Gasteiger partial charge in [-0.25, -0.2) is 0 Å². The molecular formula is C14H25N5O2. The van der Waals surface area contributed by atoms with E-state index in [0.717, 1.165) is 26.1 Å². The topological polar surface area (TPSA) is 72.4 Å². The number of hydrogen-bond acceptors (Lipinski definition) is 7. The smallest absolute Gasteiger partial charge is 0.323 e. The van der Waals surface area contributed by atoms with Crippen LogP contribution in [-0.4, -0.2) is 53.4 Å². The van der Waals surface area contributed by atoms with Gasteiger partial charge >= 0.3 is 6.01 Å². The van der Waals surface area contributed by atoms with Crippen molar-refractivity contribution in [3.63, 3.8) is 0 Å². The molecule has 7 nitrogen and oxygen atoms in total. The van der Waals surface area contributed by atoms with Crippen molar-refractivity contribution in [3.05, 3.63) is 0 Å². The number of aromatic nitrogens is 3. The first-order valence-corrected chi connectivity index (χ1v) is 7.49. The van der Waals surface area contributed by atoms with Gasteiger partial charge in [0.1, 0.15) is 5.60 Å². The molecule has 1 N–H and O–H groups in total. The first-order chi connectivity index (χ1) is 9.98. The van der Waals surface area contributed by atoms with Crippen molar-refractivity contribution in [1.29, 1.82) is 0 Å². The predicted octanol–water partition coefficient (Wildman–Crippen LogP) is 1.71. The van der Waals surface area contributed by atoms with E-state index in [-0.39, 0.29) is 5.60 Å². The fourth-order valence-electron chi connectivity index (χ4n) is 1.89. The molecule has 0 radical (unpaired) electrons. The Labute approximate surface area is 126 Å². The molecule has 0 unspecified atom stereocenters. The van der Waals surface area contributed by atoms with Gasteiger partial charge in [0.25, 0.3) is 0 Å². The van der Waals surface area contributed by atoms with Gasteiger partial charge in [-0.15, -0.1) is 0 Å². The Morgan fingerprint density at radius 1 is 1.19 bits per heavy atom. The molecule has 1 aliphatic rings. The van der Waals surface area contributed by atoms with E-state index in [1.165, 1.54) is 0 Å². The minimum Gasteiger partial charge on any atom is -0.458 e. The summed E-state index contributed by atoms with van der Waals surface area (Å²) in [7, 11) is 0. The molecule has 1 aromatic rings. The van der Waals surface area contributed by atoms with Gasteiger partial charge in [0.05, 0.1) is 13.2 Å². The molecule has 0 atom stereocenters. The summed E-state index contributed by atoms with van der Waals surface area (Å²) in [4.78, 5) is 15.4. The number of ether oxygens (including phenoxy) is 2. The molecule has 0 amide bonds. The molecule has 2 rings (SSSR count). The van der Waals surface area contributed by atoms with Crippen molar-refractivity contribution in [1.82, 2.24) is 15.0 Å². The van der Waals surface area contributed by atoms with Crippen molar-refractivity contribution in [3.8, 4) is 6.01 Å². The summed E-state index contributed by atoms with van der Waals surface area (Å²) in [6.45, 7) is 11.8. The Morgan fingerprint density at radius 2 is 1.90 bits per heavy atom. The molecule has 7 heteroatoms. The maximum absolute atomic E-state index is 5.79. The van der Waals surface area contributed by atoms with Crippen LogP contribution in [0.15, 0.2) is 0 Å². The van der Waals surface area contributed by atoms with E-state index in [1.54, 1.807) is 0 Å². The fourth-order valence-corrected chi connectivity index (χ4v) is 1.89. The van der Waals surface area contributed by atoms with Crippen LogP contribution < -0.4 is 15.0 Å². The molecule has 0 aliphatic carbocycles. The van der Waals surface area contributed by atoms with Crippen LogP contribution in [0.4, 0.5) is 11.9 Å². The van der Waals surface area contributed by atoms with Crippen LogP contribution in [0, 0.1) is 0 Å². The van der Waals surface area contributed by atoms with Crippen molar-refractivity contribution in [2.75, 3.05) is 43.1 Å². The highest BCUT2D eigenvalue weighted by Gasteiger charge is 2.20. The van der Waals surface area contributed by atoms with Gasteiger partial charge in [-0.3, -0.25) is 0 Å². The van der Waals surface area contributed by atoms with Gasteiger partial charge in [0, 0.05) is 19.6 Å². The van der Waals surface area contributed by atoms with E-state index in [1.807, 2.05) is 20.8 Å². The predicted molar refractivity (Wildman–Crippen MR) is 82.0 cm³/mol. The van der Waals surface area contributed by atoms with Crippen LogP contribution in [0.1, 0.15) is 34.1 Å². The second-order valence-corrected chi connectivity index (χ2v) is 5.98. The van der Waals surface area contributed by atoms with Crippen LogP contribution in [0.2, 0.25) is 0 Å². The molecular weight excluding hydrogens is 270 g/mol. The normalized spacial score (nSPS) is 15.9. The molecule has 21 heavy (non-hydrogen) atoms. The Kier molecular flexibility index (Phi) is 5.17. The van der Waals surface area contributed by atoms with Gasteiger partial charge < -0.3 is 19.7 Å². The van der Waals surface area contributed by atoms with Crippen LogP contribution in [0.5, 0.6) is 6.01 Å². The van der Waals surface area contributed by atoms with Gasteiger partial charge in [0.2, 0.25) is 11.9 Å². The Hall–Kier alpha value is -1.63. The van der Waals surface area contributed by atoms with E-state index in [2.05, 4.69) is 32.1 Å². The van der Waals surface area contributed by atoms with Crippen LogP contribution in [0.25, 0.3) is 0 Å². The zero-order valence-corrected chi connectivity index (χ0v) is 13.3. The summed E-state index contributed by atoms with van der Waals surface area (Å²) in [6.07, 6.45) is 1.01. The van der Waals surface area contributed by atoms with Crippen LogP contribution in [-0.2, 0) is 4.74 Å². The van der Waals surface area contributed by atoms with Gasteiger partial charge in [-0.1, -0.05) is 6.92 Å². The minimum absolute atomic E-state index is 0.342. The third-order valence-corrected chi connectivity index (χ3v) is 2.83. The number of nitrogens with zero attached hydrogens (tertiary/aromatic N) is 4. The number of rotatable bonds is 5. The number of nitrogens with one attached hydrogen (secondary N) is 1. The summed E-state index contributed by atoms with van der Waals surface area (Å²) in [5.41, 5.74) is -0.342. The Bertz CT molecular complexity index is 455. The Morgan fingerprint density at radius 3 is 2.52 bits per heavy atom. The number of morpholine rings is 1. The maximum atomic E-state index is 5.79. The van der Waals surface area contributed by atoms with Gasteiger partial charge in [0.15, 0.2) is 0 Å². The van der Waals surface area contributed by atoms with E-state index >= 15 is 0 Å². The van der Waals surface area contributed by atoms with Gasteiger partial charge in [-0.2, -0.15) is 15.0 Å². The quantitative estimate of drug-likeness (QED) is 0.886. The third kappa shape index (κ3) is 5.00. The molecule has 0 bridgehead atoms. The summed E-state index contributed by atoms with van der Waals surface area (Å²) in [5, 5.41) is 3.20. The lowest BCUT2D eigenvalue weighted by molar-refractivity contribution is 0.114. The van der Waals surface area contributed by atoms with Crippen LogP contribution in [0.3, 0.4) is 0 Å². The summed E-state index contributed by atoms with van der Waals surface area (Å²) in [6, 6.07) is 0.359. The molecule has 118 valence electrons. The fraction of sp³-hybridized carbons (Fsp3) is 0.786. The molecule has 0 aromatic carbocycles. The zero-order valence-electron chi connectivity index (χ0n) is 13.3. The highest BCUT2D eigenvalue weighted by atomic mass is 16.5. The molecule has 0 spiro atoms. The monoisotopic (exact) mass is 295 g/mol. The summed E-state index contributed by atoms with van der Waals surface area (Å²) < 4.78 is 11.2. The molecule has 1 saturated heterocycles. The van der Waals surface area contributed by atoms with Crippen molar-refractivity contribution in [2.45, 2.75) is 39.7 Å². The lowest BCUT2D eigenvalue weighted by Crippen LogP contribution is -2.37. The molecule has 1 aliphatic heterocycles. The number of anilines is 2. The second kappa shape index (κ2) is 6.89. The SMILES string of the molecule is CCCNc1nc(OC(C)(C)C)nc(N2CCOCC2)n1. The first kappa shape index (κ1) is 15.8. The molecule has 0 saturated carbocycles. The van der Waals surface area contributed by atoms with E-state index < -0.39 is 0 Å². The van der Waals surface area contributed by atoms with E-state index in [9.17, 15) is 0 Å². The van der Waals surface area contributed by atoms with Crippen LogP contribution >= 0.6 is 0 Å². The second-order valence-electron chi connectivity index (χ2n) is 5.98. The largest absolute Gasteiger partial charge is 0.458 e. The lowest BCUT2D eigenvalue weighted by Gasteiger charge is -2.27. The maximum Gasteiger partial charge on any atom is 0.323 e. The highest BCUT2D eigenvalue weighted by Crippen LogP contribution is 2.19. The molecule has 1 aromatic heterocycles. The van der Waals surface area contributed by atoms with E-state index in [0.29, 0.717) is 31.1 Å². The highest BCUT2D eigenvalue weighted by molar-refractivity contribution is 5.38. The summed E-state index contributed by atoms with van der Waals surface area (Å²) in [5.74, 6) is 1.21. The standard InChI is InChI=1S/C14H25N5O2/c1-5-6-15-11-16-12(19-7-9-20-10-8-19)18-13(17-11)21-14(2,3)4/h5-10H2,1-4H3,(H,15,16,17,18). The lowest BCUT2D eigenvalue weighted by atomic mass is 10.2. The third-order valence-electron chi connectivity index (χ3n) is 2.83. The molecule has 1 fully saturated rings. The van der Waals surface area contributed by atoms with Crippen molar-refractivity contribution < 1.29 is 9.47 Å². The zero-order chi connectivity index (χ0) is 15.3. The van der Waals surface area contributed by atoms with Crippen molar-refractivity contribution >= 4 is 11.9 Å². The summed E-state index contributed by atoms with van der Waals surface area (Å²) >= 11 is 0. The average Bonchev–Trinajstić information content (AvgIpc) is 2.44. The van der Waals surface area contributed by atoms with Crippen molar-refractivity contribution in [2.24, 2.45) is 0 Å². The Balaban J connectivity index is 2.22. The van der Waals surface area contributed by atoms with Gasteiger partial charge in [-0.05, 0) is 27.2 Å². The molecule has 2 heterocycles. The number of hydrogen-bond donors (Lipinski definition) is 1. The first-order valence-electron chi connectivity index (χ1n) is 7.49. The minimum atomic E-state index is -0.342.